The summed E-state index contributed by atoms with van der Waals surface area (Å²) in [5.74, 6) is 0.381. The van der Waals surface area contributed by atoms with Gasteiger partial charge >= 0.3 is 6.61 Å². The lowest BCUT2D eigenvalue weighted by Crippen LogP contribution is -2.49. The first kappa shape index (κ1) is 18.6. The largest absolute Gasteiger partial charge is 0.433 e. The van der Waals surface area contributed by atoms with Crippen LogP contribution in [0.1, 0.15) is 13.8 Å². The zero-order valence-corrected chi connectivity index (χ0v) is 14.2. The van der Waals surface area contributed by atoms with E-state index in [1.165, 1.54) is 6.07 Å². The van der Waals surface area contributed by atoms with Crippen molar-refractivity contribution < 1.29 is 18.3 Å². The molecule has 1 aliphatic rings. The number of nitrogens with zero attached hydrogens (tertiary/aromatic N) is 2. The van der Waals surface area contributed by atoms with Crippen LogP contribution in [0, 0.1) is 5.92 Å². The second-order valence-corrected chi connectivity index (χ2v) is 6.39. The predicted octanol–water partition coefficient (Wildman–Crippen LogP) is 2.50. The maximum Gasteiger partial charge on any atom is 0.387 e. The average molecular weight is 341 g/mol. The lowest BCUT2D eigenvalue weighted by Gasteiger charge is -2.35. The molecule has 0 aliphatic carbocycles. The van der Waals surface area contributed by atoms with E-state index in [0.29, 0.717) is 5.92 Å². The van der Waals surface area contributed by atoms with Crippen molar-refractivity contribution >= 4 is 11.6 Å². The van der Waals surface area contributed by atoms with E-state index in [4.69, 9.17) is 0 Å². The molecular weight excluding hydrogens is 316 g/mol. The quantitative estimate of drug-likeness (QED) is 0.828. The van der Waals surface area contributed by atoms with Gasteiger partial charge in [-0.1, -0.05) is 26.0 Å². The molecule has 24 heavy (non-hydrogen) atoms. The molecule has 1 saturated heterocycles. The van der Waals surface area contributed by atoms with Gasteiger partial charge in [0, 0.05) is 32.7 Å². The molecule has 5 nitrogen and oxygen atoms in total. The second-order valence-electron chi connectivity index (χ2n) is 6.39. The lowest BCUT2D eigenvalue weighted by molar-refractivity contribution is -0.117. The molecule has 0 atom stereocenters. The van der Waals surface area contributed by atoms with Gasteiger partial charge in [-0.3, -0.25) is 9.69 Å². The number of benzene rings is 1. The third-order valence-electron chi connectivity index (χ3n) is 3.83. The first-order valence-corrected chi connectivity index (χ1v) is 8.22. The third-order valence-corrected chi connectivity index (χ3v) is 3.83. The third kappa shape index (κ3) is 6.05. The van der Waals surface area contributed by atoms with Crippen molar-refractivity contribution in [2.75, 3.05) is 44.6 Å². The first-order valence-electron chi connectivity index (χ1n) is 8.22. The highest BCUT2D eigenvalue weighted by atomic mass is 19.3. The molecule has 1 N–H and O–H groups in total. The number of nitrogens with one attached hydrogen (secondary N) is 1. The Balaban J connectivity index is 1.82. The molecule has 1 aromatic carbocycles. The Kier molecular flexibility index (Phi) is 6.93. The van der Waals surface area contributed by atoms with E-state index < -0.39 is 6.61 Å². The SMILES string of the molecule is CC(C)CN1CCN(CC(=O)Nc2ccccc2OC(F)F)CC1. The molecule has 0 radical (unpaired) electrons. The molecule has 0 bridgehead atoms. The van der Waals surface area contributed by atoms with Gasteiger partial charge < -0.3 is 15.0 Å². The molecule has 1 amide bonds. The first-order chi connectivity index (χ1) is 11.4. The van der Waals surface area contributed by atoms with Crippen LogP contribution >= 0.6 is 0 Å². The van der Waals surface area contributed by atoms with Crippen molar-refractivity contribution in [2.24, 2.45) is 5.92 Å². The summed E-state index contributed by atoms with van der Waals surface area (Å²) in [7, 11) is 0. The Morgan fingerprint density at radius 2 is 1.79 bits per heavy atom. The van der Waals surface area contributed by atoms with E-state index in [-0.39, 0.29) is 23.9 Å². The number of rotatable bonds is 7. The number of alkyl halides is 2. The summed E-state index contributed by atoms with van der Waals surface area (Å²) >= 11 is 0. The standard InChI is InChI=1S/C17H25F2N3O2/c1-13(2)11-21-7-9-22(10-8-21)12-16(23)20-14-5-3-4-6-15(14)24-17(18)19/h3-6,13,17H,7-12H2,1-2H3,(H,20,23). The summed E-state index contributed by atoms with van der Waals surface area (Å²) in [5, 5.41) is 2.65. The molecule has 0 unspecified atom stereocenters. The number of para-hydroxylation sites is 2. The fourth-order valence-electron chi connectivity index (χ4n) is 2.81. The Labute approximate surface area is 141 Å². The van der Waals surface area contributed by atoms with Crippen LogP contribution in [0.3, 0.4) is 0 Å². The van der Waals surface area contributed by atoms with Crippen LogP contribution in [0.4, 0.5) is 14.5 Å². The molecule has 2 rings (SSSR count). The van der Waals surface area contributed by atoms with E-state index >= 15 is 0 Å². The minimum absolute atomic E-state index is 0.0254. The van der Waals surface area contributed by atoms with Crippen molar-refractivity contribution in [3.8, 4) is 5.75 Å². The van der Waals surface area contributed by atoms with Crippen LogP contribution in [-0.2, 0) is 4.79 Å². The topological polar surface area (TPSA) is 44.8 Å². The molecular formula is C17H25F2N3O2. The monoisotopic (exact) mass is 341 g/mol. The molecule has 7 heteroatoms. The van der Waals surface area contributed by atoms with E-state index in [0.717, 1.165) is 32.7 Å². The van der Waals surface area contributed by atoms with Gasteiger partial charge in [0.05, 0.1) is 12.2 Å². The van der Waals surface area contributed by atoms with Crippen LogP contribution < -0.4 is 10.1 Å². The molecule has 0 aromatic heterocycles. The number of amides is 1. The Morgan fingerprint density at radius 3 is 2.42 bits per heavy atom. The van der Waals surface area contributed by atoms with Gasteiger partial charge in [0.1, 0.15) is 5.75 Å². The van der Waals surface area contributed by atoms with Crippen molar-refractivity contribution in [3.05, 3.63) is 24.3 Å². The second kappa shape index (κ2) is 8.94. The summed E-state index contributed by atoms with van der Waals surface area (Å²) in [6.45, 7) is 6.32. The molecule has 134 valence electrons. The zero-order chi connectivity index (χ0) is 17.5. The highest BCUT2D eigenvalue weighted by molar-refractivity contribution is 5.93. The lowest BCUT2D eigenvalue weighted by atomic mass is 10.2. The van der Waals surface area contributed by atoms with Crippen LogP contribution in [0.5, 0.6) is 5.75 Å². The summed E-state index contributed by atoms with van der Waals surface area (Å²) in [4.78, 5) is 16.6. The smallest absolute Gasteiger partial charge is 0.387 e. The Bertz CT molecular complexity index is 532. The van der Waals surface area contributed by atoms with Crippen molar-refractivity contribution in [1.82, 2.24) is 9.80 Å². The van der Waals surface area contributed by atoms with Crippen molar-refractivity contribution in [2.45, 2.75) is 20.5 Å². The van der Waals surface area contributed by atoms with E-state index in [1.54, 1.807) is 18.2 Å². The zero-order valence-electron chi connectivity index (χ0n) is 14.2. The summed E-state index contributed by atoms with van der Waals surface area (Å²) in [6, 6.07) is 6.21. The predicted molar refractivity (Wildman–Crippen MR) is 89.4 cm³/mol. The van der Waals surface area contributed by atoms with Gasteiger partial charge in [0.15, 0.2) is 0 Å². The fraction of sp³-hybridized carbons (Fsp3) is 0.588. The molecule has 1 fully saturated rings. The van der Waals surface area contributed by atoms with Crippen molar-refractivity contribution in [1.29, 1.82) is 0 Å². The Hall–Kier alpha value is -1.73. The van der Waals surface area contributed by atoms with Crippen molar-refractivity contribution in [3.63, 3.8) is 0 Å². The minimum Gasteiger partial charge on any atom is -0.433 e. The van der Waals surface area contributed by atoms with Gasteiger partial charge in [-0.05, 0) is 18.1 Å². The van der Waals surface area contributed by atoms with E-state index in [1.807, 2.05) is 0 Å². The number of hydrogen-bond acceptors (Lipinski definition) is 4. The summed E-state index contributed by atoms with van der Waals surface area (Å²) < 4.78 is 29.2. The number of piperazine rings is 1. The van der Waals surface area contributed by atoms with Gasteiger partial charge in [-0.15, -0.1) is 0 Å². The van der Waals surface area contributed by atoms with Gasteiger partial charge in [-0.2, -0.15) is 8.78 Å². The normalized spacial score (nSPS) is 16.6. The maximum absolute atomic E-state index is 12.4. The Morgan fingerprint density at radius 1 is 1.17 bits per heavy atom. The maximum atomic E-state index is 12.4. The molecule has 0 saturated carbocycles. The summed E-state index contributed by atoms with van der Waals surface area (Å²) in [6.07, 6.45) is 0. The van der Waals surface area contributed by atoms with Crippen LogP contribution in [0.25, 0.3) is 0 Å². The van der Waals surface area contributed by atoms with Crippen LogP contribution in [-0.4, -0.2) is 61.6 Å². The minimum atomic E-state index is -2.92. The van der Waals surface area contributed by atoms with E-state index in [2.05, 4.69) is 33.7 Å². The number of hydrogen-bond donors (Lipinski definition) is 1. The number of carbonyl (C=O) groups excluding carboxylic acids is 1. The highest BCUT2D eigenvalue weighted by Gasteiger charge is 2.20. The molecule has 0 spiro atoms. The number of halogens is 2. The molecule has 1 aliphatic heterocycles. The average Bonchev–Trinajstić information content (AvgIpc) is 2.50. The van der Waals surface area contributed by atoms with Gasteiger partial charge in [0.25, 0.3) is 0 Å². The molecule has 1 heterocycles. The highest BCUT2D eigenvalue weighted by Crippen LogP contribution is 2.25. The number of anilines is 1. The summed E-state index contributed by atoms with van der Waals surface area (Å²) in [5.41, 5.74) is 0.265. The van der Waals surface area contributed by atoms with E-state index in [9.17, 15) is 13.6 Å². The van der Waals surface area contributed by atoms with Crippen LogP contribution in [0.2, 0.25) is 0 Å². The van der Waals surface area contributed by atoms with Gasteiger partial charge in [0.2, 0.25) is 5.91 Å². The number of carbonyl (C=O) groups is 1. The number of ether oxygens (including phenoxy) is 1. The van der Waals surface area contributed by atoms with Crippen LogP contribution in [0.15, 0.2) is 24.3 Å². The fourth-order valence-corrected chi connectivity index (χ4v) is 2.81. The molecule has 1 aromatic rings. The van der Waals surface area contributed by atoms with Gasteiger partial charge in [-0.25, -0.2) is 0 Å².